The lowest BCUT2D eigenvalue weighted by Gasteiger charge is -2.35. The third-order valence-corrected chi connectivity index (χ3v) is 6.51. The molecule has 3 atom stereocenters. The molecule has 29 heavy (non-hydrogen) atoms. The number of esters is 1. The molecule has 2 aliphatic rings. The lowest BCUT2D eigenvalue weighted by Crippen LogP contribution is -2.56. The Morgan fingerprint density at radius 3 is 2.34 bits per heavy atom. The minimum atomic E-state index is -0.936. The highest BCUT2D eigenvalue weighted by Crippen LogP contribution is 2.58. The van der Waals surface area contributed by atoms with Crippen molar-refractivity contribution in [1.29, 1.82) is 0 Å². The van der Waals surface area contributed by atoms with Crippen LogP contribution < -0.4 is 4.90 Å². The van der Waals surface area contributed by atoms with Crippen LogP contribution in [0, 0.1) is 0 Å². The van der Waals surface area contributed by atoms with Gasteiger partial charge in [0.05, 0.1) is 24.2 Å². The molecule has 0 radical (unpaired) electrons. The molecule has 1 saturated heterocycles. The fraction of sp³-hybridized carbons (Fsp3) is 0.526. The average Bonchev–Trinajstić information content (AvgIpc) is 3.06. The Balaban J connectivity index is 2.19. The molecule has 0 unspecified atom stereocenters. The van der Waals surface area contributed by atoms with Gasteiger partial charge in [-0.3, -0.25) is 9.80 Å². The van der Waals surface area contributed by atoms with Crippen LogP contribution in [0.4, 0.5) is 15.3 Å². The van der Waals surface area contributed by atoms with Crippen molar-refractivity contribution in [3.8, 4) is 0 Å². The van der Waals surface area contributed by atoms with E-state index < -0.39 is 40.3 Å². The highest BCUT2D eigenvalue weighted by Gasteiger charge is 2.65. The maximum Gasteiger partial charge on any atom is 0.416 e. The van der Waals surface area contributed by atoms with Gasteiger partial charge in [-0.15, -0.1) is 0 Å². The predicted molar refractivity (Wildman–Crippen MR) is 112 cm³/mol. The van der Waals surface area contributed by atoms with E-state index >= 15 is 0 Å². The molecular formula is C19H22Br2N2O6. The van der Waals surface area contributed by atoms with Gasteiger partial charge in [0.15, 0.2) is 0 Å². The topological polar surface area (TPSA) is 85.4 Å². The van der Waals surface area contributed by atoms with Crippen molar-refractivity contribution in [1.82, 2.24) is 4.90 Å². The zero-order valence-corrected chi connectivity index (χ0v) is 19.9. The summed E-state index contributed by atoms with van der Waals surface area (Å²) in [5.41, 5.74) is 0.588. The van der Waals surface area contributed by atoms with Crippen LogP contribution in [0.5, 0.6) is 0 Å². The first-order valence-electron chi connectivity index (χ1n) is 8.90. The number of anilines is 1. The number of nitrogens with zero attached hydrogens (tertiary/aromatic N) is 2. The first-order chi connectivity index (χ1) is 13.4. The lowest BCUT2D eigenvalue weighted by atomic mass is 9.96. The third kappa shape index (κ3) is 3.61. The SMILES string of the molecule is COC(=O)[C@@H]1C[C@@]2(Br)c3cc(Br)ccc3N(C(=O)OC(C)(C)C)[C@H]2N1C(=O)OC. The summed E-state index contributed by atoms with van der Waals surface area (Å²) in [6.07, 6.45) is -2.06. The van der Waals surface area contributed by atoms with Gasteiger partial charge in [-0.25, -0.2) is 14.4 Å². The van der Waals surface area contributed by atoms with E-state index in [9.17, 15) is 14.4 Å². The van der Waals surface area contributed by atoms with Crippen LogP contribution in [0.1, 0.15) is 32.8 Å². The number of halogens is 2. The Hall–Kier alpha value is -1.81. The lowest BCUT2D eigenvalue weighted by molar-refractivity contribution is -0.145. The predicted octanol–water partition coefficient (Wildman–Crippen LogP) is 4.13. The van der Waals surface area contributed by atoms with E-state index in [0.717, 1.165) is 10.0 Å². The Kier molecular flexibility index (Phi) is 5.63. The summed E-state index contributed by atoms with van der Waals surface area (Å²) in [5, 5.41) is 0. The summed E-state index contributed by atoms with van der Waals surface area (Å²) in [6.45, 7) is 5.28. The zero-order valence-electron chi connectivity index (χ0n) is 16.7. The van der Waals surface area contributed by atoms with Crippen LogP contribution in [0.2, 0.25) is 0 Å². The van der Waals surface area contributed by atoms with Gasteiger partial charge < -0.3 is 14.2 Å². The van der Waals surface area contributed by atoms with Gasteiger partial charge in [0.1, 0.15) is 17.8 Å². The number of benzene rings is 1. The van der Waals surface area contributed by atoms with E-state index in [2.05, 4.69) is 31.9 Å². The first-order valence-corrected chi connectivity index (χ1v) is 10.5. The van der Waals surface area contributed by atoms with Crippen molar-refractivity contribution in [2.24, 2.45) is 0 Å². The second-order valence-electron chi connectivity index (χ2n) is 7.87. The second kappa shape index (κ2) is 7.46. The minimum absolute atomic E-state index is 0.197. The van der Waals surface area contributed by atoms with Gasteiger partial charge in [-0.2, -0.15) is 0 Å². The number of carbonyl (C=O) groups is 3. The van der Waals surface area contributed by atoms with Crippen molar-refractivity contribution >= 4 is 55.7 Å². The molecule has 0 spiro atoms. The summed E-state index contributed by atoms with van der Waals surface area (Å²) in [4.78, 5) is 41.0. The molecule has 1 aromatic rings. The van der Waals surface area contributed by atoms with E-state index in [1.165, 1.54) is 24.0 Å². The van der Waals surface area contributed by atoms with Crippen molar-refractivity contribution in [2.75, 3.05) is 19.1 Å². The zero-order chi connectivity index (χ0) is 21.7. The van der Waals surface area contributed by atoms with E-state index in [1.807, 2.05) is 6.07 Å². The van der Waals surface area contributed by atoms with Gasteiger partial charge in [0.2, 0.25) is 0 Å². The van der Waals surface area contributed by atoms with Gasteiger partial charge in [-0.1, -0.05) is 31.9 Å². The summed E-state index contributed by atoms with van der Waals surface area (Å²) >= 11 is 7.20. The molecule has 158 valence electrons. The van der Waals surface area contributed by atoms with Crippen LogP contribution in [0.15, 0.2) is 22.7 Å². The summed E-state index contributed by atoms with van der Waals surface area (Å²) in [6, 6.07) is 4.49. The number of amides is 2. The van der Waals surface area contributed by atoms with Gasteiger partial charge in [-0.05, 0) is 44.5 Å². The van der Waals surface area contributed by atoms with Crippen molar-refractivity contribution in [3.05, 3.63) is 28.2 Å². The Labute approximate surface area is 185 Å². The Morgan fingerprint density at radius 2 is 1.79 bits per heavy atom. The summed E-state index contributed by atoms with van der Waals surface area (Å²) < 4.78 is 15.3. The molecule has 2 aliphatic heterocycles. The maximum atomic E-state index is 13.2. The molecule has 0 saturated carbocycles. The molecule has 0 aromatic heterocycles. The van der Waals surface area contributed by atoms with E-state index in [4.69, 9.17) is 14.2 Å². The molecule has 2 heterocycles. The Bertz CT molecular complexity index is 871. The quantitative estimate of drug-likeness (QED) is 0.306. The van der Waals surface area contributed by atoms with Gasteiger partial charge >= 0.3 is 18.2 Å². The molecule has 0 bridgehead atoms. The van der Waals surface area contributed by atoms with Crippen molar-refractivity contribution in [3.63, 3.8) is 0 Å². The molecule has 2 amide bonds. The van der Waals surface area contributed by atoms with Gasteiger partial charge in [0, 0.05) is 10.9 Å². The number of fused-ring (bicyclic) bond motifs is 3. The van der Waals surface area contributed by atoms with Crippen LogP contribution in [-0.4, -0.2) is 55.1 Å². The molecule has 1 fully saturated rings. The minimum Gasteiger partial charge on any atom is -0.467 e. The highest BCUT2D eigenvalue weighted by atomic mass is 79.9. The number of alkyl halides is 1. The van der Waals surface area contributed by atoms with Gasteiger partial charge in [0.25, 0.3) is 0 Å². The van der Waals surface area contributed by atoms with Crippen LogP contribution >= 0.6 is 31.9 Å². The third-order valence-electron chi connectivity index (χ3n) is 4.86. The monoisotopic (exact) mass is 532 g/mol. The molecule has 3 rings (SSSR count). The number of methoxy groups -OCH3 is 2. The van der Waals surface area contributed by atoms with E-state index in [0.29, 0.717) is 5.69 Å². The Morgan fingerprint density at radius 1 is 1.14 bits per heavy atom. The average molecular weight is 534 g/mol. The molecular weight excluding hydrogens is 512 g/mol. The molecule has 8 nitrogen and oxygen atoms in total. The second-order valence-corrected chi connectivity index (χ2v) is 10.2. The fourth-order valence-corrected chi connectivity index (χ4v) is 5.22. The normalized spacial score (nSPS) is 25.3. The van der Waals surface area contributed by atoms with E-state index in [-0.39, 0.29) is 6.42 Å². The molecule has 0 N–H and O–H groups in total. The number of ether oxygens (including phenoxy) is 3. The number of rotatable bonds is 1. The molecule has 1 aromatic carbocycles. The molecule has 10 heteroatoms. The van der Waals surface area contributed by atoms with Crippen molar-refractivity contribution in [2.45, 2.75) is 49.3 Å². The van der Waals surface area contributed by atoms with Crippen molar-refractivity contribution < 1.29 is 28.6 Å². The summed E-state index contributed by atoms with van der Waals surface area (Å²) in [7, 11) is 2.48. The highest BCUT2D eigenvalue weighted by molar-refractivity contribution is 9.10. The standard InChI is InChI=1S/C19H22Br2N2O6/c1-18(2,3)29-17(26)22-12-7-6-10(20)8-11(12)19(21)9-13(14(24)27-4)23(15(19)22)16(25)28-5/h6-8,13,15H,9H2,1-5H3/t13-,15-,19+/m0/s1. The van der Waals surface area contributed by atoms with Crippen LogP contribution in [0.3, 0.4) is 0 Å². The number of likely N-dealkylation sites (tertiary alicyclic amines) is 1. The maximum absolute atomic E-state index is 13.2. The number of hydrogen-bond donors (Lipinski definition) is 0. The van der Waals surface area contributed by atoms with E-state index in [1.54, 1.807) is 32.9 Å². The summed E-state index contributed by atoms with van der Waals surface area (Å²) in [5.74, 6) is -0.593. The molecule has 0 aliphatic carbocycles. The fourth-order valence-electron chi connectivity index (χ4n) is 3.81. The largest absolute Gasteiger partial charge is 0.467 e. The number of carbonyl (C=O) groups excluding carboxylic acids is 3. The first kappa shape index (κ1) is 21.9. The van der Waals surface area contributed by atoms with Crippen LogP contribution in [-0.2, 0) is 23.3 Å². The number of hydrogen-bond acceptors (Lipinski definition) is 6. The smallest absolute Gasteiger partial charge is 0.416 e. The van der Waals surface area contributed by atoms with Crippen LogP contribution in [0.25, 0.3) is 0 Å².